The van der Waals surface area contributed by atoms with Gasteiger partial charge in [0.05, 0.1) is 4.90 Å². The van der Waals surface area contributed by atoms with Gasteiger partial charge in [0.1, 0.15) is 11.9 Å². The van der Waals surface area contributed by atoms with Crippen molar-refractivity contribution in [3.05, 3.63) is 54.3 Å². The summed E-state index contributed by atoms with van der Waals surface area (Å²) in [7, 11) is -3.87. The highest BCUT2D eigenvalue weighted by Gasteiger charge is 2.39. The summed E-state index contributed by atoms with van der Waals surface area (Å²) < 4.78 is 40.3. The molecule has 2 aromatic carbocycles. The van der Waals surface area contributed by atoms with E-state index in [1.54, 1.807) is 0 Å². The number of sulfonamides is 1. The van der Waals surface area contributed by atoms with E-state index in [1.165, 1.54) is 16.4 Å². The summed E-state index contributed by atoms with van der Waals surface area (Å²) >= 11 is 0. The normalized spacial score (nSPS) is 17.3. The van der Waals surface area contributed by atoms with Crippen molar-refractivity contribution in [3.8, 4) is 0 Å². The van der Waals surface area contributed by atoms with Crippen LogP contribution >= 0.6 is 0 Å². The minimum atomic E-state index is -3.87. The minimum absolute atomic E-state index is 0.0127. The van der Waals surface area contributed by atoms with Gasteiger partial charge in [0.2, 0.25) is 15.9 Å². The number of amides is 1. The predicted octanol–water partition coefficient (Wildman–Crippen LogP) is 3.85. The number of hydrogen-bond donors (Lipinski definition) is 1. The first-order valence-corrected chi connectivity index (χ1v) is 11.6. The minimum Gasteiger partial charge on any atom is -0.369 e. The smallest absolute Gasteiger partial charge is 0.243 e. The van der Waals surface area contributed by atoms with Gasteiger partial charge < -0.3 is 10.2 Å². The largest absolute Gasteiger partial charge is 0.369 e. The molecule has 2 aromatic rings. The predicted molar refractivity (Wildman–Crippen MR) is 117 cm³/mol. The van der Waals surface area contributed by atoms with E-state index in [4.69, 9.17) is 0 Å². The molecule has 0 aliphatic carbocycles. The fraction of sp³-hybridized carbons (Fsp3) is 0.409. The Labute approximate surface area is 177 Å². The molecule has 30 heavy (non-hydrogen) atoms. The van der Waals surface area contributed by atoms with Crippen molar-refractivity contribution < 1.29 is 17.6 Å². The molecule has 1 aliphatic rings. The van der Waals surface area contributed by atoms with Crippen LogP contribution in [0.5, 0.6) is 0 Å². The molecule has 1 aliphatic heterocycles. The zero-order valence-corrected chi connectivity index (χ0v) is 18.3. The molecule has 0 radical (unpaired) electrons. The van der Waals surface area contributed by atoms with Gasteiger partial charge in [-0.25, -0.2) is 12.8 Å². The van der Waals surface area contributed by atoms with Crippen molar-refractivity contribution in [2.24, 2.45) is 0 Å². The first-order valence-electron chi connectivity index (χ1n) is 10.2. The zero-order valence-electron chi connectivity index (χ0n) is 17.5. The lowest BCUT2D eigenvalue weighted by molar-refractivity contribution is -0.119. The summed E-state index contributed by atoms with van der Waals surface area (Å²) in [6, 6.07) is 11.8. The second kappa shape index (κ2) is 9.14. The summed E-state index contributed by atoms with van der Waals surface area (Å²) in [5, 5.41) is 2.84. The lowest BCUT2D eigenvalue weighted by Gasteiger charge is -2.27. The number of halogens is 1. The SMILES string of the molecule is CCN(c1ccc(NC(=O)C2CCCN2S(=O)(=O)c2ccc(F)cc2)cc1)C(C)C. The third kappa shape index (κ3) is 4.65. The second-order valence-corrected chi connectivity index (χ2v) is 9.53. The third-order valence-corrected chi connectivity index (χ3v) is 7.28. The Balaban J connectivity index is 1.74. The molecule has 1 amide bonds. The number of hydrogen-bond acceptors (Lipinski definition) is 4. The van der Waals surface area contributed by atoms with E-state index in [2.05, 4.69) is 31.0 Å². The van der Waals surface area contributed by atoms with Crippen LogP contribution in [0.2, 0.25) is 0 Å². The molecule has 0 aromatic heterocycles. The highest BCUT2D eigenvalue weighted by atomic mass is 32.2. The van der Waals surface area contributed by atoms with Gasteiger partial charge in [-0.05, 0) is 82.1 Å². The third-order valence-electron chi connectivity index (χ3n) is 5.36. The molecule has 1 fully saturated rings. The van der Waals surface area contributed by atoms with Crippen molar-refractivity contribution in [2.75, 3.05) is 23.3 Å². The van der Waals surface area contributed by atoms with Crippen LogP contribution in [0.3, 0.4) is 0 Å². The number of nitrogens with zero attached hydrogens (tertiary/aromatic N) is 2. The molecular formula is C22H28FN3O3S. The molecule has 1 heterocycles. The molecule has 6 nitrogen and oxygen atoms in total. The van der Waals surface area contributed by atoms with Crippen LogP contribution in [0, 0.1) is 5.82 Å². The Morgan fingerprint density at radius 3 is 2.37 bits per heavy atom. The molecule has 162 valence electrons. The maximum Gasteiger partial charge on any atom is 0.243 e. The van der Waals surface area contributed by atoms with Crippen LogP contribution in [0.25, 0.3) is 0 Å². The second-order valence-electron chi connectivity index (χ2n) is 7.64. The van der Waals surface area contributed by atoms with Gasteiger partial charge in [0, 0.05) is 30.5 Å². The van der Waals surface area contributed by atoms with E-state index in [1.807, 2.05) is 24.3 Å². The number of nitrogens with one attached hydrogen (secondary N) is 1. The standard InChI is InChI=1S/C22H28FN3O3S/c1-4-25(16(2)3)19-11-9-18(10-12-19)24-22(27)21-6-5-15-26(21)30(28,29)20-13-7-17(23)8-14-20/h7-14,16,21H,4-6,15H2,1-3H3,(H,24,27). The monoisotopic (exact) mass is 433 g/mol. The van der Waals surface area contributed by atoms with Crippen molar-refractivity contribution in [3.63, 3.8) is 0 Å². The number of benzene rings is 2. The van der Waals surface area contributed by atoms with Gasteiger partial charge in [-0.15, -0.1) is 0 Å². The average molecular weight is 434 g/mol. The highest BCUT2D eigenvalue weighted by molar-refractivity contribution is 7.89. The maximum atomic E-state index is 13.2. The van der Waals surface area contributed by atoms with E-state index < -0.39 is 21.9 Å². The summed E-state index contributed by atoms with van der Waals surface area (Å²) in [4.78, 5) is 15.1. The number of carbonyl (C=O) groups excluding carboxylic acids is 1. The lowest BCUT2D eigenvalue weighted by atomic mass is 10.2. The van der Waals surface area contributed by atoms with E-state index in [0.29, 0.717) is 24.6 Å². The van der Waals surface area contributed by atoms with Crippen LogP contribution in [-0.4, -0.2) is 43.8 Å². The molecule has 1 N–H and O–H groups in total. The Morgan fingerprint density at radius 1 is 1.17 bits per heavy atom. The quantitative estimate of drug-likeness (QED) is 0.720. The molecule has 1 saturated heterocycles. The number of anilines is 2. The van der Waals surface area contributed by atoms with Gasteiger partial charge in [0.25, 0.3) is 0 Å². The molecule has 8 heteroatoms. The topological polar surface area (TPSA) is 69.7 Å². The van der Waals surface area contributed by atoms with Crippen LogP contribution in [0.1, 0.15) is 33.6 Å². The highest BCUT2D eigenvalue weighted by Crippen LogP contribution is 2.27. The van der Waals surface area contributed by atoms with Crippen LogP contribution in [0.15, 0.2) is 53.4 Å². The Morgan fingerprint density at radius 2 is 1.80 bits per heavy atom. The summed E-state index contributed by atoms with van der Waals surface area (Å²) in [6.07, 6.45) is 1.04. The first-order chi connectivity index (χ1) is 14.2. The van der Waals surface area contributed by atoms with E-state index in [9.17, 15) is 17.6 Å². The van der Waals surface area contributed by atoms with Gasteiger partial charge >= 0.3 is 0 Å². The Kier molecular flexibility index (Phi) is 6.77. The molecule has 0 saturated carbocycles. The van der Waals surface area contributed by atoms with Crippen molar-refractivity contribution in [2.45, 2.75) is 50.6 Å². The van der Waals surface area contributed by atoms with Crippen LogP contribution in [-0.2, 0) is 14.8 Å². The number of rotatable bonds is 7. The Bertz CT molecular complexity index is 976. The lowest BCUT2D eigenvalue weighted by Crippen LogP contribution is -2.43. The fourth-order valence-corrected chi connectivity index (χ4v) is 5.50. The van der Waals surface area contributed by atoms with Gasteiger partial charge in [-0.1, -0.05) is 0 Å². The van der Waals surface area contributed by atoms with E-state index in [-0.39, 0.29) is 17.3 Å². The first kappa shape index (κ1) is 22.2. The molecule has 3 rings (SSSR count). The van der Waals surface area contributed by atoms with Crippen molar-refractivity contribution in [1.82, 2.24) is 4.31 Å². The van der Waals surface area contributed by atoms with E-state index >= 15 is 0 Å². The molecule has 0 spiro atoms. The van der Waals surface area contributed by atoms with Crippen molar-refractivity contribution in [1.29, 1.82) is 0 Å². The molecule has 0 bridgehead atoms. The maximum absolute atomic E-state index is 13.2. The summed E-state index contributed by atoms with van der Waals surface area (Å²) in [6.45, 7) is 7.47. The summed E-state index contributed by atoms with van der Waals surface area (Å²) in [5.41, 5.74) is 1.68. The fourth-order valence-electron chi connectivity index (χ4n) is 3.84. The Hall–Kier alpha value is -2.45. The zero-order chi connectivity index (χ0) is 21.9. The van der Waals surface area contributed by atoms with Crippen molar-refractivity contribution >= 4 is 27.3 Å². The van der Waals surface area contributed by atoms with Gasteiger partial charge in [-0.2, -0.15) is 4.31 Å². The molecule has 1 atom stereocenters. The summed E-state index contributed by atoms with van der Waals surface area (Å²) in [5.74, 6) is -0.866. The average Bonchev–Trinajstić information content (AvgIpc) is 3.21. The van der Waals surface area contributed by atoms with Crippen LogP contribution < -0.4 is 10.2 Å². The molecular weight excluding hydrogens is 405 g/mol. The van der Waals surface area contributed by atoms with Gasteiger partial charge in [0.15, 0.2) is 0 Å². The van der Waals surface area contributed by atoms with E-state index in [0.717, 1.165) is 24.4 Å². The van der Waals surface area contributed by atoms with Crippen LogP contribution in [0.4, 0.5) is 15.8 Å². The van der Waals surface area contributed by atoms with Gasteiger partial charge in [-0.3, -0.25) is 4.79 Å². The molecule has 1 unspecified atom stereocenters. The number of carbonyl (C=O) groups is 1.